The number of hydrogen-bond acceptors (Lipinski definition) is 2. The molecule has 2 heteroatoms. The first-order valence-electron chi connectivity index (χ1n) is 3.19. The second kappa shape index (κ2) is 4.87. The van der Waals surface area contributed by atoms with E-state index in [0.29, 0.717) is 6.42 Å². The first-order chi connectivity index (χ1) is 4.72. The molecule has 0 aromatic rings. The summed E-state index contributed by atoms with van der Waals surface area (Å²) in [6, 6.07) is 0. The van der Waals surface area contributed by atoms with E-state index in [-0.39, 0.29) is 11.9 Å². The topological polar surface area (TPSA) is 26.3 Å². The molecule has 0 aliphatic heterocycles. The first-order valence-corrected chi connectivity index (χ1v) is 3.19. The second-order valence-electron chi connectivity index (χ2n) is 2.06. The maximum atomic E-state index is 10.7. The van der Waals surface area contributed by atoms with Crippen molar-refractivity contribution in [1.82, 2.24) is 0 Å². The van der Waals surface area contributed by atoms with E-state index in [4.69, 9.17) is 0 Å². The molecule has 10 heavy (non-hydrogen) atoms. The average Bonchev–Trinajstić information content (AvgIpc) is 1.98. The van der Waals surface area contributed by atoms with Crippen molar-refractivity contribution >= 4 is 5.97 Å². The van der Waals surface area contributed by atoms with Crippen LogP contribution >= 0.6 is 0 Å². The summed E-state index contributed by atoms with van der Waals surface area (Å²) in [5, 5.41) is 0. The van der Waals surface area contributed by atoms with Crippen molar-refractivity contribution in [3.63, 3.8) is 0 Å². The van der Waals surface area contributed by atoms with E-state index in [1.807, 2.05) is 0 Å². The molecule has 0 bridgehead atoms. The molecule has 0 aromatic heterocycles. The Morgan fingerprint density at radius 1 is 1.70 bits per heavy atom. The zero-order chi connectivity index (χ0) is 7.98. The van der Waals surface area contributed by atoms with Gasteiger partial charge in [0, 0.05) is 6.42 Å². The molecule has 56 valence electrons. The Balaban J connectivity index is 3.69. The van der Waals surface area contributed by atoms with Crippen LogP contribution in [0, 0.1) is 17.8 Å². The van der Waals surface area contributed by atoms with Gasteiger partial charge in [0.2, 0.25) is 0 Å². The lowest BCUT2D eigenvalue weighted by Gasteiger charge is -2.02. The third-order valence-electron chi connectivity index (χ3n) is 1.19. The highest BCUT2D eigenvalue weighted by Gasteiger charge is 2.09. The molecule has 0 aliphatic rings. The molecule has 0 N–H and O–H groups in total. The molecule has 0 fully saturated rings. The van der Waals surface area contributed by atoms with Gasteiger partial charge < -0.3 is 4.74 Å². The molecule has 0 aliphatic carbocycles. The van der Waals surface area contributed by atoms with Crippen LogP contribution < -0.4 is 0 Å². The number of hydrogen-bond donors (Lipinski definition) is 0. The summed E-state index contributed by atoms with van der Waals surface area (Å²) >= 11 is 0. The third kappa shape index (κ3) is 3.13. The Morgan fingerprint density at radius 2 is 2.30 bits per heavy atom. The Kier molecular flexibility index (Phi) is 4.39. The van der Waals surface area contributed by atoms with Gasteiger partial charge in [0.15, 0.2) is 0 Å². The van der Waals surface area contributed by atoms with Gasteiger partial charge in [0.05, 0.1) is 13.0 Å². The van der Waals surface area contributed by atoms with Gasteiger partial charge in [-0.3, -0.25) is 4.79 Å². The predicted octanol–water partition coefficient (Wildman–Crippen LogP) is 1.21. The standard InChI is InChI=1S/C8H12O2/c1-4-5-6-7(2)8(9)10-3/h7H,6H2,1-3H3/t7-/m1/s1. The van der Waals surface area contributed by atoms with Crippen molar-refractivity contribution in [3.8, 4) is 11.8 Å². The molecule has 2 nitrogen and oxygen atoms in total. The summed E-state index contributed by atoms with van der Waals surface area (Å²) in [5.74, 6) is 5.24. The highest BCUT2D eigenvalue weighted by atomic mass is 16.5. The quantitative estimate of drug-likeness (QED) is 0.425. The van der Waals surface area contributed by atoms with E-state index in [2.05, 4.69) is 16.6 Å². The molecular weight excluding hydrogens is 128 g/mol. The number of methoxy groups -OCH3 is 1. The van der Waals surface area contributed by atoms with Crippen LogP contribution in [-0.4, -0.2) is 13.1 Å². The van der Waals surface area contributed by atoms with Crippen LogP contribution in [0.2, 0.25) is 0 Å². The van der Waals surface area contributed by atoms with Crippen molar-refractivity contribution in [2.45, 2.75) is 20.3 Å². The highest BCUT2D eigenvalue weighted by molar-refractivity contribution is 5.72. The minimum absolute atomic E-state index is 0.0996. The third-order valence-corrected chi connectivity index (χ3v) is 1.19. The smallest absolute Gasteiger partial charge is 0.309 e. The van der Waals surface area contributed by atoms with Gasteiger partial charge in [-0.2, -0.15) is 0 Å². The van der Waals surface area contributed by atoms with Crippen LogP contribution in [0.3, 0.4) is 0 Å². The predicted molar refractivity (Wildman–Crippen MR) is 39.2 cm³/mol. The van der Waals surface area contributed by atoms with Gasteiger partial charge in [-0.15, -0.1) is 11.8 Å². The number of ether oxygens (including phenoxy) is 1. The van der Waals surface area contributed by atoms with E-state index in [9.17, 15) is 4.79 Å². The van der Waals surface area contributed by atoms with E-state index in [1.165, 1.54) is 7.11 Å². The minimum Gasteiger partial charge on any atom is -0.469 e. The summed E-state index contributed by atoms with van der Waals surface area (Å²) in [6.45, 7) is 3.56. The molecule has 0 amide bonds. The van der Waals surface area contributed by atoms with Gasteiger partial charge in [-0.1, -0.05) is 6.92 Å². The maximum absolute atomic E-state index is 10.7. The Bertz CT molecular complexity index is 162. The lowest BCUT2D eigenvalue weighted by Crippen LogP contribution is -2.11. The van der Waals surface area contributed by atoms with Gasteiger partial charge in [0.1, 0.15) is 0 Å². The molecule has 0 unspecified atom stereocenters. The van der Waals surface area contributed by atoms with E-state index < -0.39 is 0 Å². The molecule has 0 saturated heterocycles. The zero-order valence-electron chi connectivity index (χ0n) is 6.60. The largest absolute Gasteiger partial charge is 0.469 e. The number of carbonyl (C=O) groups excluding carboxylic acids is 1. The van der Waals surface area contributed by atoms with Crippen molar-refractivity contribution in [3.05, 3.63) is 0 Å². The lowest BCUT2D eigenvalue weighted by molar-refractivity contribution is -0.144. The van der Waals surface area contributed by atoms with Gasteiger partial charge in [-0.05, 0) is 6.92 Å². The summed E-state index contributed by atoms with van der Waals surface area (Å²) in [4.78, 5) is 10.7. The molecule has 1 atom stereocenters. The van der Waals surface area contributed by atoms with Gasteiger partial charge >= 0.3 is 5.97 Å². The molecule has 0 saturated carbocycles. The van der Waals surface area contributed by atoms with E-state index in [0.717, 1.165) is 0 Å². The van der Waals surface area contributed by atoms with E-state index in [1.54, 1.807) is 13.8 Å². The van der Waals surface area contributed by atoms with Crippen molar-refractivity contribution < 1.29 is 9.53 Å². The van der Waals surface area contributed by atoms with Crippen LogP contribution in [0.1, 0.15) is 20.3 Å². The fourth-order valence-electron chi connectivity index (χ4n) is 0.540. The van der Waals surface area contributed by atoms with Gasteiger partial charge in [-0.25, -0.2) is 0 Å². The fourth-order valence-corrected chi connectivity index (χ4v) is 0.540. The normalized spacial score (nSPS) is 11.1. The SMILES string of the molecule is CC#CC[C@@H](C)C(=O)OC. The monoisotopic (exact) mass is 140 g/mol. The molecule has 0 rings (SSSR count). The van der Waals surface area contributed by atoms with Crippen LogP contribution in [0.25, 0.3) is 0 Å². The first kappa shape index (κ1) is 9.03. The van der Waals surface area contributed by atoms with Gasteiger partial charge in [0.25, 0.3) is 0 Å². The van der Waals surface area contributed by atoms with Crippen molar-refractivity contribution in [2.24, 2.45) is 5.92 Å². The van der Waals surface area contributed by atoms with Crippen molar-refractivity contribution in [2.75, 3.05) is 7.11 Å². The summed E-state index contributed by atoms with van der Waals surface area (Å²) in [5.41, 5.74) is 0. The molecule has 0 aromatic carbocycles. The summed E-state index contributed by atoms with van der Waals surface area (Å²) in [6.07, 6.45) is 0.586. The molecular formula is C8H12O2. The molecule has 0 spiro atoms. The molecule has 0 heterocycles. The Hall–Kier alpha value is -0.970. The van der Waals surface area contributed by atoms with Crippen LogP contribution in [0.15, 0.2) is 0 Å². The minimum atomic E-state index is -0.192. The second-order valence-corrected chi connectivity index (χ2v) is 2.06. The zero-order valence-corrected chi connectivity index (χ0v) is 6.60. The van der Waals surface area contributed by atoms with E-state index >= 15 is 0 Å². The highest BCUT2D eigenvalue weighted by Crippen LogP contribution is 2.01. The molecule has 0 radical (unpaired) electrons. The summed E-state index contributed by atoms with van der Waals surface area (Å²) < 4.78 is 4.50. The Labute approximate surface area is 61.6 Å². The van der Waals surface area contributed by atoms with Crippen LogP contribution in [-0.2, 0) is 9.53 Å². The van der Waals surface area contributed by atoms with Crippen molar-refractivity contribution in [1.29, 1.82) is 0 Å². The van der Waals surface area contributed by atoms with Crippen LogP contribution in [0.4, 0.5) is 0 Å². The number of carbonyl (C=O) groups is 1. The lowest BCUT2D eigenvalue weighted by atomic mass is 10.1. The van der Waals surface area contributed by atoms with Crippen LogP contribution in [0.5, 0.6) is 0 Å². The summed E-state index contributed by atoms with van der Waals surface area (Å²) in [7, 11) is 1.39. The Morgan fingerprint density at radius 3 is 2.70 bits per heavy atom. The maximum Gasteiger partial charge on any atom is 0.309 e. The average molecular weight is 140 g/mol. The number of esters is 1. The fraction of sp³-hybridized carbons (Fsp3) is 0.625. The number of rotatable bonds is 2.